The maximum Gasteiger partial charge on any atom is 0.240 e. The number of nitrogens with two attached hydrogens (primary N) is 2. The van der Waals surface area contributed by atoms with Crippen molar-refractivity contribution >= 4 is 21.4 Å². The highest BCUT2D eigenvalue weighted by Crippen LogP contribution is 2.21. The van der Waals surface area contributed by atoms with Crippen LogP contribution < -0.4 is 16.2 Å². The molecule has 0 bridgehead atoms. The second-order valence-electron chi connectivity index (χ2n) is 5.51. The van der Waals surface area contributed by atoms with E-state index >= 15 is 0 Å². The van der Waals surface area contributed by atoms with Gasteiger partial charge in [-0.1, -0.05) is 0 Å². The Bertz CT molecular complexity index is 558. The molecule has 0 heterocycles. The summed E-state index contributed by atoms with van der Waals surface area (Å²) in [5.41, 5.74) is 6.68. The van der Waals surface area contributed by atoms with Gasteiger partial charge in [0.1, 0.15) is 4.90 Å². The zero-order valence-corrected chi connectivity index (χ0v) is 13.8. The molecule has 5 N–H and O–H groups in total. The molecule has 0 unspecified atom stereocenters. The second-order valence-corrected chi connectivity index (χ2v) is 7.04. The van der Waals surface area contributed by atoms with Gasteiger partial charge in [-0.25, -0.2) is 13.6 Å². The van der Waals surface area contributed by atoms with Crippen molar-refractivity contribution in [1.82, 2.24) is 4.90 Å². The second kappa shape index (κ2) is 7.63. The Morgan fingerprint density at radius 3 is 2.48 bits per heavy atom. The summed E-state index contributed by atoms with van der Waals surface area (Å²) in [5, 5.41) is 8.30. The number of unbranched alkanes of at least 4 members (excludes halogenated alkanes) is 1. The van der Waals surface area contributed by atoms with Crippen molar-refractivity contribution in [3.05, 3.63) is 18.2 Å². The summed E-state index contributed by atoms with van der Waals surface area (Å²) in [5.74, 6) is 0. The van der Waals surface area contributed by atoms with E-state index in [1.807, 2.05) is 0 Å². The first-order valence-corrected chi connectivity index (χ1v) is 8.63. The van der Waals surface area contributed by atoms with Gasteiger partial charge in [-0.15, -0.1) is 0 Å². The highest BCUT2D eigenvalue weighted by atomic mass is 32.2. The molecule has 0 atom stereocenters. The summed E-state index contributed by atoms with van der Waals surface area (Å²) in [6.45, 7) is 6.23. The third-order valence-corrected chi connectivity index (χ3v) is 4.45. The summed E-state index contributed by atoms with van der Waals surface area (Å²) in [6, 6.07) is 5.26. The average molecular weight is 314 g/mol. The number of nitrogen functional groups attached to an aromatic ring is 1. The monoisotopic (exact) mass is 314 g/mol. The topological polar surface area (TPSA) is 101 Å². The molecule has 0 aliphatic heterocycles. The minimum atomic E-state index is -3.76. The summed E-state index contributed by atoms with van der Waals surface area (Å²) < 4.78 is 22.5. The fraction of sp³-hybridized carbons (Fsp3) is 0.571. The molecular formula is C14H26N4O2S. The Balaban J connectivity index is 2.42. The lowest BCUT2D eigenvalue weighted by Crippen LogP contribution is -2.27. The minimum absolute atomic E-state index is 0.0355. The quantitative estimate of drug-likeness (QED) is 0.498. The highest BCUT2D eigenvalue weighted by Gasteiger charge is 2.12. The molecule has 0 amide bonds. The van der Waals surface area contributed by atoms with Gasteiger partial charge in [0.15, 0.2) is 0 Å². The molecule has 0 aliphatic carbocycles. The third kappa shape index (κ3) is 5.91. The molecule has 1 rings (SSSR count). The molecule has 0 aliphatic rings. The predicted molar refractivity (Wildman–Crippen MR) is 87.7 cm³/mol. The Morgan fingerprint density at radius 1 is 1.29 bits per heavy atom. The number of sulfonamides is 1. The van der Waals surface area contributed by atoms with Crippen LogP contribution in [0.3, 0.4) is 0 Å². The lowest BCUT2D eigenvalue weighted by molar-refractivity contribution is 0.269. The van der Waals surface area contributed by atoms with Crippen molar-refractivity contribution in [3.63, 3.8) is 0 Å². The van der Waals surface area contributed by atoms with E-state index in [2.05, 4.69) is 31.1 Å². The summed E-state index contributed by atoms with van der Waals surface area (Å²) in [4.78, 5) is 2.27. The van der Waals surface area contributed by atoms with Crippen molar-refractivity contribution in [1.29, 1.82) is 0 Å². The van der Waals surface area contributed by atoms with Gasteiger partial charge < -0.3 is 16.0 Å². The van der Waals surface area contributed by atoms with Crippen LogP contribution in [0, 0.1) is 0 Å². The lowest BCUT2D eigenvalue weighted by Gasteiger charge is -2.20. The fourth-order valence-corrected chi connectivity index (χ4v) is 2.54. The molecule has 0 saturated carbocycles. The minimum Gasteiger partial charge on any atom is -0.398 e. The smallest absolute Gasteiger partial charge is 0.240 e. The number of nitrogens with zero attached hydrogens (tertiary/aromatic N) is 1. The molecule has 0 fully saturated rings. The zero-order valence-electron chi connectivity index (χ0n) is 13.0. The van der Waals surface area contributed by atoms with Crippen LogP contribution in [-0.4, -0.2) is 39.5 Å². The number of benzene rings is 1. The maximum absolute atomic E-state index is 11.3. The van der Waals surface area contributed by atoms with Gasteiger partial charge in [0.25, 0.3) is 0 Å². The van der Waals surface area contributed by atoms with E-state index in [4.69, 9.17) is 10.9 Å². The van der Waals surface area contributed by atoms with Gasteiger partial charge in [-0.05, 0) is 58.5 Å². The number of hydrogen-bond donors (Lipinski definition) is 3. The molecule has 120 valence electrons. The van der Waals surface area contributed by atoms with Crippen LogP contribution in [0.25, 0.3) is 0 Å². The van der Waals surface area contributed by atoms with Crippen molar-refractivity contribution < 1.29 is 8.42 Å². The van der Waals surface area contributed by atoms with Crippen molar-refractivity contribution in [2.45, 2.75) is 37.6 Å². The lowest BCUT2D eigenvalue weighted by atomic mass is 10.2. The van der Waals surface area contributed by atoms with Crippen LogP contribution in [0.2, 0.25) is 0 Å². The Hall–Kier alpha value is -1.31. The van der Waals surface area contributed by atoms with Gasteiger partial charge >= 0.3 is 0 Å². The van der Waals surface area contributed by atoms with Crippen molar-refractivity contribution in [3.8, 4) is 0 Å². The number of hydrogen-bond acceptors (Lipinski definition) is 5. The van der Waals surface area contributed by atoms with Crippen LogP contribution in [-0.2, 0) is 10.0 Å². The number of nitrogens with one attached hydrogen (secondary N) is 1. The standard InChI is InChI=1S/C14H26N4O2S/c1-11(2)18(3)9-5-4-8-17-12-6-7-14(13(15)10-12)21(16,19)20/h6-7,10-11,17H,4-5,8-9,15H2,1-3H3,(H2,16,19,20). The Morgan fingerprint density at radius 2 is 1.95 bits per heavy atom. The van der Waals surface area contributed by atoms with Crippen LogP contribution in [0.1, 0.15) is 26.7 Å². The van der Waals surface area contributed by atoms with E-state index in [9.17, 15) is 8.42 Å². The van der Waals surface area contributed by atoms with Crippen LogP contribution >= 0.6 is 0 Å². The van der Waals surface area contributed by atoms with Crippen molar-refractivity contribution in [2.75, 3.05) is 31.2 Å². The van der Waals surface area contributed by atoms with E-state index in [-0.39, 0.29) is 10.6 Å². The van der Waals surface area contributed by atoms with Crippen molar-refractivity contribution in [2.24, 2.45) is 5.14 Å². The maximum atomic E-state index is 11.3. The molecule has 1 aromatic carbocycles. The summed E-state index contributed by atoms with van der Waals surface area (Å²) in [6.07, 6.45) is 2.14. The first-order chi connectivity index (χ1) is 9.71. The molecule has 21 heavy (non-hydrogen) atoms. The van der Waals surface area contributed by atoms with Gasteiger partial charge in [0.2, 0.25) is 10.0 Å². The average Bonchev–Trinajstić information content (AvgIpc) is 2.36. The number of primary sulfonamides is 1. The molecule has 0 saturated heterocycles. The predicted octanol–water partition coefficient (Wildman–Crippen LogP) is 1.45. The fourth-order valence-electron chi connectivity index (χ4n) is 1.89. The van der Waals surface area contributed by atoms with Gasteiger partial charge in [-0.2, -0.15) is 0 Å². The normalized spacial score (nSPS) is 12.1. The SMILES string of the molecule is CC(C)N(C)CCCCNc1ccc(S(N)(=O)=O)c(N)c1. The largest absolute Gasteiger partial charge is 0.398 e. The zero-order chi connectivity index (χ0) is 16.0. The first-order valence-electron chi connectivity index (χ1n) is 7.08. The highest BCUT2D eigenvalue weighted by molar-refractivity contribution is 7.89. The molecule has 1 aromatic rings. The Labute approximate surface area is 127 Å². The summed E-state index contributed by atoms with van der Waals surface area (Å²) in [7, 11) is -1.64. The van der Waals surface area contributed by atoms with Crippen LogP contribution in [0.5, 0.6) is 0 Å². The van der Waals surface area contributed by atoms with Gasteiger partial charge in [0.05, 0.1) is 5.69 Å². The number of rotatable bonds is 8. The van der Waals surface area contributed by atoms with E-state index in [0.29, 0.717) is 6.04 Å². The third-order valence-electron chi connectivity index (χ3n) is 3.46. The first kappa shape index (κ1) is 17.7. The molecule has 6 nitrogen and oxygen atoms in total. The Kier molecular flexibility index (Phi) is 6.44. The van der Waals surface area contributed by atoms with E-state index in [0.717, 1.165) is 31.6 Å². The van der Waals surface area contributed by atoms with E-state index in [1.165, 1.54) is 6.07 Å². The van der Waals surface area contributed by atoms with Gasteiger partial charge in [0, 0.05) is 18.3 Å². The number of anilines is 2. The molecule has 0 radical (unpaired) electrons. The molecule has 0 aromatic heterocycles. The molecule has 7 heteroatoms. The van der Waals surface area contributed by atoms with Crippen LogP contribution in [0.4, 0.5) is 11.4 Å². The van der Waals surface area contributed by atoms with Crippen LogP contribution in [0.15, 0.2) is 23.1 Å². The summed E-state index contributed by atoms with van der Waals surface area (Å²) >= 11 is 0. The van der Waals surface area contributed by atoms with E-state index in [1.54, 1.807) is 12.1 Å². The molecule has 0 spiro atoms. The van der Waals surface area contributed by atoms with E-state index < -0.39 is 10.0 Å². The van der Waals surface area contributed by atoms with Gasteiger partial charge in [-0.3, -0.25) is 0 Å². The molecular weight excluding hydrogens is 288 g/mol.